The van der Waals surface area contributed by atoms with E-state index in [1.165, 1.54) is 0 Å². The van der Waals surface area contributed by atoms with Crippen molar-refractivity contribution in [2.24, 2.45) is 0 Å². The van der Waals surface area contributed by atoms with Gasteiger partial charge in [0.15, 0.2) is 0 Å². The van der Waals surface area contributed by atoms with Crippen LogP contribution in [0, 0.1) is 13.8 Å². The third-order valence-electron chi connectivity index (χ3n) is 3.44. The third kappa shape index (κ3) is 2.71. The minimum atomic E-state index is -0.116. The number of aromatic nitrogens is 3. The van der Waals surface area contributed by atoms with E-state index in [9.17, 15) is 4.79 Å². The van der Waals surface area contributed by atoms with Gasteiger partial charge in [-0.15, -0.1) is 0 Å². The molecule has 0 amide bonds. The maximum atomic E-state index is 12.0. The highest BCUT2D eigenvalue weighted by atomic mass is 16.5. The van der Waals surface area contributed by atoms with Crippen LogP contribution < -0.4 is 10.9 Å². The van der Waals surface area contributed by atoms with Crippen molar-refractivity contribution in [1.82, 2.24) is 20.4 Å². The summed E-state index contributed by atoms with van der Waals surface area (Å²) in [7, 11) is 0. The van der Waals surface area contributed by atoms with Crippen molar-refractivity contribution in [3.8, 4) is 0 Å². The van der Waals surface area contributed by atoms with Crippen LogP contribution in [-0.2, 0) is 13.1 Å². The van der Waals surface area contributed by atoms with E-state index in [1.807, 2.05) is 32.0 Å². The Hall–Kier alpha value is -2.47. The fraction of sp³-hybridized carbons (Fsp3) is 0.267. The number of para-hydroxylation sites is 1. The van der Waals surface area contributed by atoms with Gasteiger partial charge in [0.25, 0.3) is 5.56 Å². The minimum absolute atomic E-state index is 0.116. The van der Waals surface area contributed by atoms with Gasteiger partial charge in [0, 0.05) is 12.1 Å². The second kappa shape index (κ2) is 5.49. The van der Waals surface area contributed by atoms with Gasteiger partial charge in [0.1, 0.15) is 11.6 Å². The van der Waals surface area contributed by atoms with Gasteiger partial charge in [-0.05, 0) is 26.0 Å². The van der Waals surface area contributed by atoms with E-state index < -0.39 is 0 Å². The van der Waals surface area contributed by atoms with Crippen LogP contribution in [0.15, 0.2) is 33.6 Å². The lowest BCUT2D eigenvalue weighted by molar-refractivity contribution is 0.392. The van der Waals surface area contributed by atoms with Crippen molar-refractivity contribution in [3.05, 3.63) is 57.5 Å². The first-order valence-electron chi connectivity index (χ1n) is 6.75. The number of nitrogens with one attached hydrogen (secondary N) is 2. The van der Waals surface area contributed by atoms with Gasteiger partial charge in [-0.1, -0.05) is 17.3 Å². The predicted octanol–water partition coefficient (Wildman–Crippen LogP) is 1.82. The highest BCUT2D eigenvalue weighted by Crippen LogP contribution is 2.11. The molecule has 2 heterocycles. The van der Waals surface area contributed by atoms with Crippen LogP contribution in [-0.4, -0.2) is 15.1 Å². The molecule has 2 aromatic heterocycles. The number of benzene rings is 1. The molecule has 0 aliphatic rings. The summed E-state index contributed by atoms with van der Waals surface area (Å²) in [5, 5.41) is 7.76. The summed E-state index contributed by atoms with van der Waals surface area (Å²) in [6.45, 7) is 4.89. The maximum Gasteiger partial charge on any atom is 0.258 e. The van der Waals surface area contributed by atoms with Crippen molar-refractivity contribution in [2.75, 3.05) is 0 Å². The quantitative estimate of drug-likeness (QED) is 0.763. The normalized spacial score (nSPS) is 11.1. The van der Waals surface area contributed by atoms with Gasteiger partial charge in [-0.3, -0.25) is 4.79 Å². The lowest BCUT2D eigenvalue weighted by Gasteiger charge is -2.05. The van der Waals surface area contributed by atoms with E-state index in [0.717, 1.165) is 17.0 Å². The summed E-state index contributed by atoms with van der Waals surface area (Å²) in [6, 6.07) is 7.30. The van der Waals surface area contributed by atoms with Crippen molar-refractivity contribution < 1.29 is 4.52 Å². The Morgan fingerprint density at radius 2 is 2.05 bits per heavy atom. The molecule has 0 atom stereocenters. The molecule has 0 aliphatic heterocycles. The van der Waals surface area contributed by atoms with Gasteiger partial charge in [-0.25, -0.2) is 4.98 Å². The second-order valence-electron chi connectivity index (χ2n) is 4.94. The molecule has 6 nitrogen and oxygen atoms in total. The molecule has 0 saturated carbocycles. The minimum Gasteiger partial charge on any atom is -0.361 e. The van der Waals surface area contributed by atoms with E-state index in [2.05, 4.69) is 20.4 Å². The Labute approximate surface area is 121 Å². The standard InChI is InChI=1S/C15H16N4O2/c1-9-12(10(2)21-19-9)7-16-8-14-17-13-6-4-3-5-11(13)15(20)18-14/h3-6,16H,7-8H2,1-2H3,(H,17,18,20). The number of nitrogens with zero attached hydrogens (tertiary/aromatic N) is 2. The summed E-state index contributed by atoms with van der Waals surface area (Å²) < 4.78 is 5.11. The van der Waals surface area contributed by atoms with E-state index in [1.54, 1.807) is 6.07 Å². The molecule has 0 unspecified atom stereocenters. The zero-order valence-electron chi connectivity index (χ0n) is 11.9. The topological polar surface area (TPSA) is 83.8 Å². The van der Waals surface area contributed by atoms with E-state index in [0.29, 0.717) is 29.8 Å². The Kier molecular flexibility index (Phi) is 3.53. The monoisotopic (exact) mass is 284 g/mol. The summed E-state index contributed by atoms with van der Waals surface area (Å²) in [5.74, 6) is 1.42. The van der Waals surface area contributed by atoms with Crippen molar-refractivity contribution in [3.63, 3.8) is 0 Å². The first-order valence-corrected chi connectivity index (χ1v) is 6.75. The highest BCUT2D eigenvalue weighted by Gasteiger charge is 2.08. The molecule has 6 heteroatoms. The summed E-state index contributed by atoms with van der Waals surface area (Å²) in [5.41, 5.74) is 2.50. The molecule has 3 aromatic rings. The molecule has 0 aliphatic carbocycles. The molecule has 108 valence electrons. The fourth-order valence-electron chi connectivity index (χ4n) is 2.28. The molecule has 21 heavy (non-hydrogen) atoms. The van der Waals surface area contributed by atoms with Gasteiger partial charge < -0.3 is 14.8 Å². The predicted molar refractivity (Wildman–Crippen MR) is 78.9 cm³/mol. The van der Waals surface area contributed by atoms with Crippen LogP contribution in [0.1, 0.15) is 22.8 Å². The molecule has 3 rings (SSSR count). The summed E-state index contributed by atoms with van der Waals surface area (Å²) in [4.78, 5) is 19.2. The molecule has 0 fully saturated rings. The number of H-pyrrole nitrogens is 1. The molecule has 2 N–H and O–H groups in total. The van der Waals surface area contributed by atoms with Gasteiger partial charge in [0.05, 0.1) is 23.1 Å². The zero-order chi connectivity index (χ0) is 14.8. The van der Waals surface area contributed by atoms with Crippen molar-refractivity contribution in [2.45, 2.75) is 26.9 Å². The van der Waals surface area contributed by atoms with Gasteiger partial charge >= 0.3 is 0 Å². The number of rotatable bonds is 4. The van der Waals surface area contributed by atoms with Crippen LogP contribution in [0.25, 0.3) is 10.9 Å². The van der Waals surface area contributed by atoms with Crippen LogP contribution >= 0.6 is 0 Å². The number of hydrogen-bond acceptors (Lipinski definition) is 5. The average molecular weight is 284 g/mol. The molecule has 0 spiro atoms. The van der Waals surface area contributed by atoms with Crippen molar-refractivity contribution in [1.29, 1.82) is 0 Å². The molecule has 0 bridgehead atoms. The third-order valence-corrected chi connectivity index (χ3v) is 3.44. The highest BCUT2D eigenvalue weighted by molar-refractivity contribution is 5.77. The van der Waals surface area contributed by atoms with Gasteiger partial charge in [0.2, 0.25) is 0 Å². The van der Waals surface area contributed by atoms with Crippen molar-refractivity contribution >= 4 is 10.9 Å². The average Bonchev–Trinajstić information content (AvgIpc) is 2.79. The number of aryl methyl sites for hydroxylation is 2. The Morgan fingerprint density at radius 1 is 1.24 bits per heavy atom. The number of aromatic amines is 1. The van der Waals surface area contributed by atoms with Crippen LogP contribution in [0.5, 0.6) is 0 Å². The maximum absolute atomic E-state index is 12.0. The second-order valence-corrected chi connectivity index (χ2v) is 4.94. The van der Waals surface area contributed by atoms with E-state index in [-0.39, 0.29) is 5.56 Å². The molecule has 0 radical (unpaired) electrons. The van der Waals surface area contributed by atoms with E-state index in [4.69, 9.17) is 4.52 Å². The zero-order valence-corrected chi connectivity index (χ0v) is 11.9. The lowest BCUT2D eigenvalue weighted by atomic mass is 10.2. The molecular formula is C15H16N4O2. The Balaban J connectivity index is 1.75. The van der Waals surface area contributed by atoms with Gasteiger partial charge in [-0.2, -0.15) is 0 Å². The molecule has 0 saturated heterocycles. The fourth-order valence-corrected chi connectivity index (χ4v) is 2.28. The first kappa shape index (κ1) is 13.5. The Bertz CT molecular complexity index is 816. The first-order chi connectivity index (χ1) is 10.1. The molecule has 1 aromatic carbocycles. The summed E-state index contributed by atoms with van der Waals surface area (Å²) in [6.07, 6.45) is 0. The molecular weight excluding hydrogens is 268 g/mol. The largest absolute Gasteiger partial charge is 0.361 e. The van der Waals surface area contributed by atoms with Crippen LogP contribution in [0.3, 0.4) is 0 Å². The Morgan fingerprint density at radius 3 is 2.81 bits per heavy atom. The van der Waals surface area contributed by atoms with Crippen LogP contribution in [0.2, 0.25) is 0 Å². The number of fused-ring (bicyclic) bond motifs is 1. The number of hydrogen-bond donors (Lipinski definition) is 2. The van der Waals surface area contributed by atoms with E-state index >= 15 is 0 Å². The smallest absolute Gasteiger partial charge is 0.258 e. The summed E-state index contributed by atoms with van der Waals surface area (Å²) >= 11 is 0. The van der Waals surface area contributed by atoms with Crippen LogP contribution in [0.4, 0.5) is 0 Å². The SMILES string of the molecule is Cc1noc(C)c1CNCc1nc2ccccc2c(=O)[nH]1. The lowest BCUT2D eigenvalue weighted by Crippen LogP contribution is -2.19.